The summed E-state index contributed by atoms with van der Waals surface area (Å²) in [6.45, 7) is 2.29. The van der Waals surface area contributed by atoms with Crippen molar-refractivity contribution in [2.45, 2.75) is 26.2 Å². The van der Waals surface area contributed by atoms with Crippen LogP contribution in [-0.2, 0) is 11.2 Å². The fraction of sp³-hybridized carbons (Fsp3) is 0.357. The number of aryl methyl sites for hydroxylation is 1. The first-order valence-electron chi connectivity index (χ1n) is 6.59. The van der Waals surface area contributed by atoms with Crippen LogP contribution in [0.1, 0.15) is 35.9 Å². The normalized spacial score (nSPS) is 10.7. The molecule has 0 saturated carbocycles. The molecule has 0 bridgehead atoms. The summed E-state index contributed by atoms with van der Waals surface area (Å²) in [5.74, 6) is -1.07. The van der Waals surface area contributed by atoms with Gasteiger partial charge in [-0.25, -0.2) is 4.98 Å². The van der Waals surface area contributed by atoms with E-state index in [4.69, 9.17) is 5.11 Å². The quantitative estimate of drug-likeness (QED) is 0.782. The SMILES string of the molecule is CCc1nc2ccccn2c1C(=O)NCCCC(=O)O. The topological polar surface area (TPSA) is 83.7 Å². The van der Waals surface area contributed by atoms with Crippen molar-refractivity contribution in [2.75, 3.05) is 6.54 Å². The average Bonchev–Trinajstić information content (AvgIpc) is 2.81. The molecule has 2 heterocycles. The molecule has 0 radical (unpaired) electrons. The van der Waals surface area contributed by atoms with Gasteiger partial charge in [0.2, 0.25) is 0 Å². The van der Waals surface area contributed by atoms with E-state index in [2.05, 4.69) is 10.3 Å². The van der Waals surface area contributed by atoms with Gasteiger partial charge in [0, 0.05) is 19.2 Å². The number of carboxylic acids is 1. The van der Waals surface area contributed by atoms with Crippen molar-refractivity contribution in [2.24, 2.45) is 0 Å². The Labute approximate surface area is 116 Å². The van der Waals surface area contributed by atoms with Gasteiger partial charge in [0.15, 0.2) is 0 Å². The number of hydrogen-bond acceptors (Lipinski definition) is 3. The molecule has 0 aliphatic carbocycles. The molecule has 2 rings (SSSR count). The number of hydrogen-bond donors (Lipinski definition) is 2. The Bertz CT molecular complexity index is 634. The number of pyridine rings is 1. The molecular weight excluding hydrogens is 258 g/mol. The minimum atomic E-state index is -0.858. The van der Waals surface area contributed by atoms with Gasteiger partial charge in [-0.05, 0) is 25.0 Å². The maximum atomic E-state index is 12.2. The molecule has 2 aromatic rings. The molecule has 0 saturated heterocycles. The minimum absolute atomic E-state index is 0.0497. The number of rotatable bonds is 6. The maximum absolute atomic E-state index is 12.2. The molecule has 20 heavy (non-hydrogen) atoms. The summed E-state index contributed by atoms with van der Waals surface area (Å²) >= 11 is 0. The molecule has 6 nitrogen and oxygen atoms in total. The van der Waals surface area contributed by atoms with Crippen LogP contribution in [0.2, 0.25) is 0 Å². The van der Waals surface area contributed by atoms with E-state index in [-0.39, 0.29) is 12.3 Å². The first kappa shape index (κ1) is 14.0. The van der Waals surface area contributed by atoms with Crippen LogP contribution in [0, 0.1) is 0 Å². The molecule has 0 aliphatic heterocycles. The lowest BCUT2D eigenvalue weighted by molar-refractivity contribution is -0.137. The number of carboxylic acid groups (broad SMARTS) is 1. The number of fused-ring (bicyclic) bond motifs is 1. The third-order valence-corrected chi connectivity index (χ3v) is 3.01. The molecule has 6 heteroatoms. The average molecular weight is 275 g/mol. The molecule has 2 aromatic heterocycles. The van der Waals surface area contributed by atoms with Crippen molar-refractivity contribution < 1.29 is 14.7 Å². The van der Waals surface area contributed by atoms with E-state index < -0.39 is 5.97 Å². The van der Waals surface area contributed by atoms with Crippen LogP contribution < -0.4 is 5.32 Å². The molecule has 0 atom stereocenters. The fourth-order valence-corrected chi connectivity index (χ4v) is 2.06. The van der Waals surface area contributed by atoms with Crippen molar-refractivity contribution >= 4 is 17.5 Å². The zero-order valence-corrected chi connectivity index (χ0v) is 11.3. The zero-order valence-electron chi connectivity index (χ0n) is 11.3. The Kier molecular flexibility index (Phi) is 4.34. The van der Waals surface area contributed by atoms with E-state index in [0.29, 0.717) is 25.1 Å². The Balaban J connectivity index is 2.14. The Morgan fingerprint density at radius 3 is 2.90 bits per heavy atom. The first-order chi connectivity index (χ1) is 9.63. The van der Waals surface area contributed by atoms with Crippen LogP contribution in [0.3, 0.4) is 0 Å². The van der Waals surface area contributed by atoms with Crippen LogP contribution in [0.15, 0.2) is 24.4 Å². The molecule has 0 aliphatic rings. The van der Waals surface area contributed by atoms with E-state index in [1.807, 2.05) is 25.1 Å². The second-order valence-corrected chi connectivity index (χ2v) is 4.44. The summed E-state index contributed by atoms with van der Waals surface area (Å²) in [7, 11) is 0. The lowest BCUT2D eigenvalue weighted by atomic mass is 10.2. The summed E-state index contributed by atoms with van der Waals surface area (Å²) < 4.78 is 1.76. The van der Waals surface area contributed by atoms with Gasteiger partial charge in [0.25, 0.3) is 5.91 Å². The van der Waals surface area contributed by atoms with Crippen molar-refractivity contribution in [1.29, 1.82) is 0 Å². The summed E-state index contributed by atoms with van der Waals surface area (Å²) in [4.78, 5) is 27.1. The number of aromatic nitrogens is 2. The van der Waals surface area contributed by atoms with E-state index >= 15 is 0 Å². The predicted octanol–water partition coefficient (Wildman–Crippen LogP) is 1.49. The molecule has 0 fully saturated rings. The summed E-state index contributed by atoms with van der Waals surface area (Å²) in [6.07, 6.45) is 2.93. The summed E-state index contributed by atoms with van der Waals surface area (Å²) in [5.41, 5.74) is 2.00. The smallest absolute Gasteiger partial charge is 0.303 e. The minimum Gasteiger partial charge on any atom is -0.481 e. The third kappa shape index (κ3) is 2.96. The van der Waals surface area contributed by atoms with Crippen LogP contribution in [0.5, 0.6) is 0 Å². The number of nitrogens with zero attached hydrogens (tertiary/aromatic N) is 2. The summed E-state index contributed by atoms with van der Waals surface area (Å²) in [5, 5.41) is 11.3. The standard InChI is InChI=1S/C14H17N3O3/c1-2-10-13(14(20)15-8-5-7-12(18)19)17-9-4-3-6-11(17)16-10/h3-4,6,9H,2,5,7-8H2,1H3,(H,15,20)(H,18,19). The second-order valence-electron chi connectivity index (χ2n) is 4.44. The van der Waals surface area contributed by atoms with E-state index in [9.17, 15) is 9.59 Å². The van der Waals surface area contributed by atoms with Crippen molar-refractivity contribution in [1.82, 2.24) is 14.7 Å². The van der Waals surface area contributed by atoms with Crippen LogP contribution in [0.4, 0.5) is 0 Å². The van der Waals surface area contributed by atoms with E-state index in [1.165, 1.54) is 0 Å². The number of carbonyl (C=O) groups excluding carboxylic acids is 1. The molecule has 1 amide bonds. The second kappa shape index (κ2) is 6.18. The Hall–Kier alpha value is -2.37. The predicted molar refractivity (Wildman–Crippen MR) is 73.8 cm³/mol. The van der Waals surface area contributed by atoms with Gasteiger partial charge in [-0.15, -0.1) is 0 Å². The number of amides is 1. The zero-order chi connectivity index (χ0) is 14.5. The maximum Gasteiger partial charge on any atom is 0.303 e. The lowest BCUT2D eigenvalue weighted by Gasteiger charge is -2.05. The Morgan fingerprint density at radius 1 is 1.40 bits per heavy atom. The lowest BCUT2D eigenvalue weighted by Crippen LogP contribution is -2.27. The number of carbonyl (C=O) groups is 2. The highest BCUT2D eigenvalue weighted by Gasteiger charge is 2.17. The van der Waals surface area contributed by atoms with Gasteiger partial charge in [0.1, 0.15) is 11.3 Å². The molecule has 0 unspecified atom stereocenters. The van der Waals surface area contributed by atoms with Crippen molar-refractivity contribution in [3.63, 3.8) is 0 Å². The number of aliphatic carboxylic acids is 1. The molecule has 2 N–H and O–H groups in total. The van der Waals surface area contributed by atoms with Crippen molar-refractivity contribution in [3.8, 4) is 0 Å². The van der Waals surface area contributed by atoms with Crippen molar-refractivity contribution in [3.05, 3.63) is 35.8 Å². The highest BCUT2D eigenvalue weighted by atomic mass is 16.4. The molecule has 0 spiro atoms. The molecular formula is C14H17N3O3. The van der Waals surface area contributed by atoms with Crippen LogP contribution in [0.25, 0.3) is 5.65 Å². The largest absolute Gasteiger partial charge is 0.481 e. The van der Waals surface area contributed by atoms with E-state index in [1.54, 1.807) is 10.6 Å². The highest BCUT2D eigenvalue weighted by Crippen LogP contribution is 2.13. The van der Waals surface area contributed by atoms with Gasteiger partial charge in [0.05, 0.1) is 5.69 Å². The number of nitrogens with one attached hydrogen (secondary N) is 1. The summed E-state index contributed by atoms with van der Waals surface area (Å²) in [6, 6.07) is 5.56. The van der Waals surface area contributed by atoms with Gasteiger partial charge < -0.3 is 10.4 Å². The van der Waals surface area contributed by atoms with Gasteiger partial charge in [-0.2, -0.15) is 0 Å². The highest BCUT2D eigenvalue weighted by molar-refractivity contribution is 5.94. The van der Waals surface area contributed by atoms with E-state index in [0.717, 1.165) is 11.3 Å². The Morgan fingerprint density at radius 2 is 2.20 bits per heavy atom. The van der Waals surface area contributed by atoms with Crippen LogP contribution in [-0.4, -0.2) is 32.9 Å². The van der Waals surface area contributed by atoms with Gasteiger partial charge >= 0.3 is 5.97 Å². The van der Waals surface area contributed by atoms with Gasteiger partial charge in [-0.1, -0.05) is 13.0 Å². The fourth-order valence-electron chi connectivity index (χ4n) is 2.06. The monoisotopic (exact) mass is 275 g/mol. The number of imidazole rings is 1. The van der Waals surface area contributed by atoms with Crippen LogP contribution >= 0.6 is 0 Å². The third-order valence-electron chi connectivity index (χ3n) is 3.01. The first-order valence-corrected chi connectivity index (χ1v) is 6.59. The molecule has 106 valence electrons. The van der Waals surface area contributed by atoms with Gasteiger partial charge in [-0.3, -0.25) is 14.0 Å². The molecule has 0 aromatic carbocycles.